The van der Waals surface area contributed by atoms with E-state index >= 15 is 0 Å². The summed E-state index contributed by atoms with van der Waals surface area (Å²) in [7, 11) is 0. The molecule has 0 spiro atoms. The maximum Gasteiger partial charge on any atom is 0.326 e. The third kappa shape index (κ3) is 4.47. The van der Waals surface area contributed by atoms with Crippen LogP contribution in [0.1, 0.15) is 11.8 Å². The molecule has 1 aliphatic heterocycles. The number of thiazole rings is 1. The van der Waals surface area contributed by atoms with Crippen molar-refractivity contribution in [3.8, 4) is 11.5 Å². The molecule has 0 saturated carbocycles. The molecule has 1 amide bonds. The minimum atomic E-state index is -0.402. The maximum absolute atomic E-state index is 12.5. The van der Waals surface area contributed by atoms with Gasteiger partial charge in [-0.2, -0.15) is 4.99 Å². The average molecular weight is 453 g/mol. The molecule has 0 aliphatic carbocycles. The summed E-state index contributed by atoms with van der Waals surface area (Å²) in [6.45, 7) is 2.91. The van der Waals surface area contributed by atoms with Crippen molar-refractivity contribution in [3.05, 3.63) is 38.3 Å². The standard InChI is InChI=1S/C19H17ClN2O5S2/c1-2-25-18(24)10-22-12-8-13-14(27-6-5-26-13)9-15(12)29-19(22)21-17(23)7-11-3-4-16(20)28-11/h3-4,8-9H,2,5-7,10H2,1H3. The lowest BCUT2D eigenvalue weighted by molar-refractivity contribution is -0.143. The van der Waals surface area contributed by atoms with Crippen LogP contribution < -0.4 is 14.3 Å². The lowest BCUT2D eigenvalue weighted by atomic mass is 10.2. The summed E-state index contributed by atoms with van der Waals surface area (Å²) >= 11 is 8.59. The van der Waals surface area contributed by atoms with E-state index in [4.69, 9.17) is 25.8 Å². The lowest BCUT2D eigenvalue weighted by Crippen LogP contribution is -2.23. The number of halogens is 1. The highest BCUT2D eigenvalue weighted by Crippen LogP contribution is 2.35. The number of nitrogens with zero attached hydrogens (tertiary/aromatic N) is 2. The van der Waals surface area contributed by atoms with Gasteiger partial charge in [-0.25, -0.2) is 0 Å². The van der Waals surface area contributed by atoms with Gasteiger partial charge in [0.2, 0.25) is 0 Å². The van der Waals surface area contributed by atoms with E-state index in [9.17, 15) is 9.59 Å². The van der Waals surface area contributed by atoms with Gasteiger partial charge in [0, 0.05) is 17.0 Å². The quantitative estimate of drug-likeness (QED) is 0.554. The molecule has 0 atom stereocenters. The third-order valence-corrected chi connectivity index (χ3v) is 6.39. The Morgan fingerprint density at radius 1 is 1.21 bits per heavy atom. The van der Waals surface area contributed by atoms with E-state index in [1.807, 2.05) is 12.1 Å². The molecule has 7 nitrogen and oxygen atoms in total. The first-order chi connectivity index (χ1) is 14.0. The highest BCUT2D eigenvalue weighted by Gasteiger charge is 2.18. The van der Waals surface area contributed by atoms with E-state index in [-0.39, 0.29) is 25.5 Å². The van der Waals surface area contributed by atoms with Crippen molar-refractivity contribution in [1.82, 2.24) is 4.57 Å². The summed E-state index contributed by atoms with van der Waals surface area (Å²) in [5.41, 5.74) is 0.734. The van der Waals surface area contributed by atoms with Crippen molar-refractivity contribution in [1.29, 1.82) is 0 Å². The van der Waals surface area contributed by atoms with Crippen molar-refractivity contribution >= 4 is 56.4 Å². The fraction of sp³-hybridized carbons (Fsp3) is 0.316. The first-order valence-electron chi connectivity index (χ1n) is 8.94. The Morgan fingerprint density at radius 3 is 2.66 bits per heavy atom. The molecule has 1 aliphatic rings. The monoisotopic (exact) mass is 452 g/mol. The normalized spacial score (nSPS) is 13.7. The molecule has 3 heterocycles. The van der Waals surface area contributed by atoms with Crippen LogP contribution in [0.5, 0.6) is 11.5 Å². The number of carbonyl (C=O) groups is 2. The van der Waals surface area contributed by atoms with E-state index < -0.39 is 5.97 Å². The number of hydrogen-bond donors (Lipinski definition) is 0. The maximum atomic E-state index is 12.5. The molecule has 1 aromatic carbocycles. The van der Waals surface area contributed by atoms with E-state index in [2.05, 4.69) is 4.99 Å². The molecule has 0 bridgehead atoms. The Bertz CT molecular complexity index is 1150. The Labute approximate surface area is 179 Å². The zero-order valence-electron chi connectivity index (χ0n) is 15.5. The Balaban J connectivity index is 1.76. The molecule has 10 heteroatoms. The summed E-state index contributed by atoms with van der Waals surface area (Å²) in [5, 5.41) is 0. The Kier molecular flexibility index (Phi) is 5.89. The number of fused-ring (bicyclic) bond motifs is 2. The molecule has 0 N–H and O–H groups in total. The topological polar surface area (TPSA) is 79.1 Å². The average Bonchev–Trinajstić information content (AvgIpc) is 3.23. The van der Waals surface area contributed by atoms with Crippen molar-refractivity contribution in [3.63, 3.8) is 0 Å². The van der Waals surface area contributed by atoms with Gasteiger partial charge >= 0.3 is 5.97 Å². The first kappa shape index (κ1) is 19.9. The minimum Gasteiger partial charge on any atom is -0.486 e. The fourth-order valence-corrected chi connectivity index (χ4v) is 5.06. The van der Waals surface area contributed by atoms with Crippen molar-refractivity contribution in [2.45, 2.75) is 19.9 Å². The summed E-state index contributed by atoms with van der Waals surface area (Å²) in [5.74, 6) is 0.524. The number of benzene rings is 1. The summed E-state index contributed by atoms with van der Waals surface area (Å²) in [6, 6.07) is 7.21. The van der Waals surface area contributed by atoms with Gasteiger partial charge in [-0.1, -0.05) is 22.9 Å². The second-order valence-electron chi connectivity index (χ2n) is 6.13. The van der Waals surface area contributed by atoms with Crippen molar-refractivity contribution in [2.24, 2.45) is 4.99 Å². The SMILES string of the molecule is CCOC(=O)Cn1c(=NC(=O)Cc2ccc(Cl)s2)sc2cc3c(cc21)OCCO3. The molecule has 152 valence electrons. The van der Waals surface area contributed by atoms with Crippen LogP contribution in [0.25, 0.3) is 10.2 Å². The zero-order chi connectivity index (χ0) is 20.4. The molecular formula is C19H17ClN2O5S2. The Hall–Kier alpha value is -2.36. The van der Waals surface area contributed by atoms with Crippen molar-refractivity contribution < 1.29 is 23.8 Å². The summed E-state index contributed by atoms with van der Waals surface area (Å²) in [6.07, 6.45) is 0.147. The van der Waals surface area contributed by atoms with E-state index in [0.717, 1.165) is 15.1 Å². The molecular weight excluding hydrogens is 436 g/mol. The van der Waals surface area contributed by atoms with Gasteiger partial charge in [-0.3, -0.25) is 9.59 Å². The predicted molar refractivity (Wildman–Crippen MR) is 111 cm³/mol. The van der Waals surface area contributed by atoms with Gasteiger partial charge in [-0.15, -0.1) is 11.3 Å². The van der Waals surface area contributed by atoms with Gasteiger partial charge < -0.3 is 18.8 Å². The number of esters is 1. The van der Waals surface area contributed by atoms with Crippen LogP contribution in [0.4, 0.5) is 0 Å². The molecule has 4 rings (SSSR count). The molecule has 3 aromatic rings. The molecule has 0 saturated heterocycles. The molecule has 0 unspecified atom stereocenters. The van der Waals surface area contributed by atoms with Crippen LogP contribution >= 0.6 is 34.3 Å². The van der Waals surface area contributed by atoms with E-state index in [1.54, 1.807) is 23.6 Å². The van der Waals surface area contributed by atoms with E-state index in [0.29, 0.717) is 33.9 Å². The second kappa shape index (κ2) is 8.56. The fourth-order valence-electron chi connectivity index (χ4n) is 2.92. The van der Waals surface area contributed by atoms with E-state index in [1.165, 1.54) is 22.7 Å². The molecule has 29 heavy (non-hydrogen) atoms. The highest BCUT2D eigenvalue weighted by atomic mass is 35.5. The van der Waals surface area contributed by atoms with Gasteiger partial charge in [0.05, 0.1) is 27.6 Å². The zero-order valence-corrected chi connectivity index (χ0v) is 17.9. The van der Waals surface area contributed by atoms with Gasteiger partial charge in [0.15, 0.2) is 16.3 Å². The van der Waals surface area contributed by atoms with Crippen LogP contribution in [0.2, 0.25) is 4.34 Å². The van der Waals surface area contributed by atoms with Crippen LogP contribution in [-0.2, 0) is 27.3 Å². The molecule has 0 fully saturated rings. The molecule has 2 aromatic heterocycles. The van der Waals surface area contributed by atoms with Gasteiger partial charge in [-0.05, 0) is 19.1 Å². The first-order valence-corrected chi connectivity index (χ1v) is 10.9. The minimum absolute atomic E-state index is 0.0512. The highest BCUT2D eigenvalue weighted by molar-refractivity contribution is 7.16. The lowest BCUT2D eigenvalue weighted by Gasteiger charge is -2.18. The number of carbonyl (C=O) groups excluding carboxylic acids is 2. The largest absolute Gasteiger partial charge is 0.486 e. The number of thiophene rings is 1. The number of ether oxygens (including phenoxy) is 3. The number of amides is 1. The number of hydrogen-bond acceptors (Lipinski definition) is 7. The van der Waals surface area contributed by atoms with Crippen LogP contribution in [-0.4, -0.2) is 36.3 Å². The smallest absolute Gasteiger partial charge is 0.326 e. The Morgan fingerprint density at radius 2 is 1.97 bits per heavy atom. The van der Waals surface area contributed by atoms with Crippen LogP contribution in [0.15, 0.2) is 29.3 Å². The number of aromatic nitrogens is 1. The van der Waals surface area contributed by atoms with Gasteiger partial charge in [0.25, 0.3) is 5.91 Å². The second-order valence-corrected chi connectivity index (χ2v) is 8.94. The number of rotatable bonds is 5. The third-order valence-electron chi connectivity index (χ3n) is 4.11. The molecule has 0 radical (unpaired) electrons. The summed E-state index contributed by atoms with van der Waals surface area (Å²) in [4.78, 5) is 30.2. The predicted octanol–water partition coefficient (Wildman–Crippen LogP) is 3.42. The summed E-state index contributed by atoms with van der Waals surface area (Å²) < 4.78 is 19.5. The van der Waals surface area contributed by atoms with Crippen LogP contribution in [0.3, 0.4) is 0 Å². The van der Waals surface area contributed by atoms with Gasteiger partial charge in [0.1, 0.15) is 19.8 Å². The van der Waals surface area contributed by atoms with Crippen LogP contribution in [0, 0.1) is 0 Å². The van der Waals surface area contributed by atoms with Crippen molar-refractivity contribution in [2.75, 3.05) is 19.8 Å².